The minimum absolute atomic E-state index is 0.152. The number of thiophene rings is 1. The maximum absolute atomic E-state index is 13.5. The molecule has 1 unspecified atom stereocenters. The topological polar surface area (TPSA) is 106 Å². The van der Waals surface area contributed by atoms with E-state index in [1.165, 1.54) is 35.1 Å². The molecule has 38 heavy (non-hydrogen) atoms. The van der Waals surface area contributed by atoms with Gasteiger partial charge in [0.25, 0.3) is 0 Å². The van der Waals surface area contributed by atoms with E-state index >= 15 is 0 Å². The Hall–Kier alpha value is -2.43. The predicted octanol–water partition coefficient (Wildman–Crippen LogP) is 4.17. The van der Waals surface area contributed by atoms with Crippen molar-refractivity contribution in [3.8, 4) is 0 Å². The van der Waals surface area contributed by atoms with Crippen molar-refractivity contribution in [2.75, 3.05) is 0 Å². The Balaban J connectivity index is 1.21. The van der Waals surface area contributed by atoms with Crippen LogP contribution >= 0.6 is 11.3 Å². The minimum atomic E-state index is -1.17. The van der Waals surface area contributed by atoms with Crippen molar-refractivity contribution in [3.63, 3.8) is 0 Å². The van der Waals surface area contributed by atoms with Crippen LogP contribution in [0.1, 0.15) is 81.0 Å². The highest BCUT2D eigenvalue weighted by Crippen LogP contribution is 2.53. The average Bonchev–Trinajstić information content (AvgIpc) is 3.44. The highest BCUT2D eigenvalue weighted by atomic mass is 32.1. The number of aliphatic hydroxyl groups is 1. The van der Waals surface area contributed by atoms with Gasteiger partial charge >= 0.3 is 12.1 Å². The third kappa shape index (κ3) is 4.54. The molecule has 0 spiro atoms. The molecule has 1 aromatic heterocycles. The number of fused-ring (bicyclic) bond motifs is 2. The molecule has 6 rings (SSSR count). The first-order chi connectivity index (χ1) is 18.2. The fourth-order valence-electron chi connectivity index (χ4n) is 6.62. The summed E-state index contributed by atoms with van der Waals surface area (Å²) in [6.45, 7) is 6.91. The van der Waals surface area contributed by atoms with Crippen LogP contribution in [0.2, 0.25) is 0 Å². The molecule has 0 radical (unpaired) electrons. The van der Waals surface area contributed by atoms with Gasteiger partial charge in [0.1, 0.15) is 11.8 Å². The number of β-lactam (4-membered cyclic amide) rings is 1. The Kier molecular flexibility index (Phi) is 6.76. The van der Waals surface area contributed by atoms with Gasteiger partial charge in [0.2, 0.25) is 12.2 Å². The van der Waals surface area contributed by atoms with Crippen LogP contribution in [-0.4, -0.2) is 63.5 Å². The molecule has 2 aliphatic carbocycles. The van der Waals surface area contributed by atoms with E-state index in [4.69, 9.17) is 14.2 Å². The number of amides is 1. The van der Waals surface area contributed by atoms with E-state index < -0.39 is 30.4 Å². The van der Waals surface area contributed by atoms with Crippen LogP contribution in [0.3, 0.4) is 0 Å². The first-order valence-electron chi connectivity index (χ1n) is 13.9. The van der Waals surface area contributed by atoms with Gasteiger partial charge in [-0.15, -0.1) is 11.3 Å². The van der Waals surface area contributed by atoms with Crippen molar-refractivity contribution in [2.45, 2.75) is 109 Å². The van der Waals surface area contributed by atoms with Crippen molar-refractivity contribution < 1.29 is 33.7 Å². The smallest absolute Gasteiger partial charge is 0.431 e. The molecule has 2 saturated carbocycles. The van der Waals surface area contributed by atoms with Crippen molar-refractivity contribution in [1.29, 1.82) is 0 Å². The normalized spacial score (nSPS) is 29.0. The summed E-state index contributed by atoms with van der Waals surface area (Å²) >= 11 is 1.67. The highest BCUT2D eigenvalue weighted by molar-refractivity contribution is 7.13. The van der Waals surface area contributed by atoms with E-state index in [-0.39, 0.29) is 29.7 Å². The summed E-state index contributed by atoms with van der Waals surface area (Å²) in [5.41, 5.74) is 2.24. The molecule has 1 saturated heterocycles. The monoisotopic (exact) mass is 544 g/mol. The first kappa shape index (κ1) is 25.8. The molecule has 10 heteroatoms. The second-order valence-electron chi connectivity index (χ2n) is 11.4. The summed E-state index contributed by atoms with van der Waals surface area (Å²) in [4.78, 5) is 45.1. The number of carbonyl (C=O) groups excluding carboxylic acids is 3. The number of carbonyl (C=O) groups is 3. The van der Waals surface area contributed by atoms with Gasteiger partial charge in [0, 0.05) is 47.3 Å². The largest absolute Gasteiger partial charge is 0.511 e. The van der Waals surface area contributed by atoms with Crippen LogP contribution in [0, 0.1) is 11.8 Å². The number of ether oxygens (including phenoxy) is 3. The van der Waals surface area contributed by atoms with E-state index in [0.717, 1.165) is 55.6 Å². The molecule has 1 amide bonds. The van der Waals surface area contributed by atoms with Crippen molar-refractivity contribution in [3.05, 3.63) is 27.1 Å². The first-order valence-corrected chi connectivity index (χ1v) is 14.7. The zero-order chi connectivity index (χ0) is 26.7. The van der Waals surface area contributed by atoms with Crippen molar-refractivity contribution >= 4 is 34.9 Å². The molecule has 9 nitrogen and oxygen atoms in total. The van der Waals surface area contributed by atoms with Crippen molar-refractivity contribution in [1.82, 2.24) is 9.80 Å². The van der Waals surface area contributed by atoms with Crippen LogP contribution in [0.15, 0.2) is 11.8 Å². The quantitative estimate of drug-likeness (QED) is 0.310. The van der Waals surface area contributed by atoms with Gasteiger partial charge in [-0.3, -0.25) is 9.69 Å². The maximum Gasteiger partial charge on any atom is 0.511 e. The molecule has 3 aliphatic heterocycles. The number of rotatable bonds is 7. The lowest BCUT2D eigenvalue weighted by atomic mass is 9.77. The number of aliphatic hydroxyl groups excluding tert-OH is 1. The third-order valence-corrected chi connectivity index (χ3v) is 9.86. The second-order valence-corrected chi connectivity index (χ2v) is 12.6. The van der Waals surface area contributed by atoms with Crippen LogP contribution in [-0.2, 0) is 36.9 Å². The molecule has 3 fully saturated rings. The summed E-state index contributed by atoms with van der Waals surface area (Å²) in [5.74, 6) is -1.71. The Morgan fingerprint density at radius 2 is 1.82 bits per heavy atom. The molecule has 1 aromatic rings. The maximum atomic E-state index is 13.5. The van der Waals surface area contributed by atoms with Gasteiger partial charge in [-0.2, -0.15) is 0 Å². The summed E-state index contributed by atoms with van der Waals surface area (Å²) < 4.78 is 16.2. The summed E-state index contributed by atoms with van der Waals surface area (Å²) in [6, 6.07) is 2.52. The molecule has 5 aliphatic rings. The molecule has 206 valence electrons. The molecule has 5 atom stereocenters. The van der Waals surface area contributed by atoms with E-state index in [2.05, 4.69) is 11.0 Å². The standard InChI is InChI=1S/C28H36N2O7S/c1-14-22(20-11-17-12-29(18-9-10-18)13-21(17)38-20)25(30-24(14)23(15(2)31)26(30)32)27(33)35-16(3)36-28(34)37-19-7-5-4-6-8-19/h11,14-16,18-19,23-24,31H,4-10,12-13H2,1-3H3/t14-,15+,16?,23+,24+/m0/s1. The van der Waals surface area contributed by atoms with Gasteiger partial charge < -0.3 is 24.2 Å². The average molecular weight is 545 g/mol. The van der Waals surface area contributed by atoms with Crippen molar-refractivity contribution in [2.24, 2.45) is 11.8 Å². The summed E-state index contributed by atoms with van der Waals surface area (Å²) in [7, 11) is 0. The zero-order valence-electron chi connectivity index (χ0n) is 22.2. The Labute approximate surface area is 226 Å². The minimum Gasteiger partial charge on any atom is -0.431 e. The van der Waals surface area contributed by atoms with E-state index in [9.17, 15) is 19.5 Å². The Morgan fingerprint density at radius 1 is 1.08 bits per heavy atom. The van der Waals surface area contributed by atoms with E-state index in [0.29, 0.717) is 6.04 Å². The van der Waals surface area contributed by atoms with Gasteiger partial charge in [0.05, 0.1) is 18.1 Å². The summed E-state index contributed by atoms with van der Waals surface area (Å²) in [5, 5.41) is 10.3. The molecule has 0 bridgehead atoms. The number of hydrogen-bond acceptors (Lipinski definition) is 9. The highest BCUT2D eigenvalue weighted by Gasteiger charge is 2.60. The van der Waals surface area contributed by atoms with Gasteiger partial charge in [-0.25, -0.2) is 9.59 Å². The summed E-state index contributed by atoms with van der Waals surface area (Å²) in [6.07, 6.45) is 4.28. The van der Waals surface area contributed by atoms with Crippen LogP contribution < -0.4 is 0 Å². The van der Waals surface area contributed by atoms with E-state index in [1.54, 1.807) is 18.3 Å². The molecule has 1 N–H and O–H groups in total. The lowest BCUT2D eigenvalue weighted by Crippen LogP contribution is -2.63. The van der Waals surface area contributed by atoms with Gasteiger partial charge in [-0.05, 0) is 57.1 Å². The Morgan fingerprint density at radius 3 is 2.47 bits per heavy atom. The van der Waals surface area contributed by atoms with Gasteiger partial charge in [-0.1, -0.05) is 13.3 Å². The fraction of sp³-hybridized carbons (Fsp3) is 0.679. The number of hydrogen-bond donors (Lipinski definition) is 1. The predicted molar refractivity (Wildman–Crippen MR) is 138 cm³/mol. The SMILES string of the molecule is CC(OC(=O)OC1CCCCC1)OC(=O)C1=C(c2cc3c(s2)CN(C2CC2)C3)[C@H](C)[C@@H]2[C@@H]([C@@H](C)O)C(=O)N12. The van der Waals surface area contributed by atoms with Crippen LogP contribution in [0.5, 0.6) is 0 Å². The van der Waals surface area contributed by atoms with Gasteiger partial charge in [0.15, 0.2) is 0 Å². The second kappa shape index (κ2) is 9.95. The molecule has 0 aromatic carbocycles. The van der Waals surface area contributed by atoms with Crippen LogP contribution in [0.4, 0.5) is 4.79 Å². The number of nitrogens with zero attached hydrogens (tertiary/aromatic N) is 2. The Bertz CT molecular complexity index is 1140. The zero-order valence-corrected chi connectivity index (χ0v) is 23.0. The number of esters is 1. The molecular weight excluding hydrogens is 508 g/mol. The molecular formula is C28H36N2O7S. The lowest BCUT2D eigenvalue weighted by molar-refractivity contribution is -0.174. The molecule has 4 heterocycles. The third-order valence-electron chi connectivity index (χ3n) is 8.66. The van der Waals surface area contributed by atoms with Crippen LogP contribution in [0.25, 0.3) is 5.57 Å². The lowest BCUT2D eigenvalue weighted by Gasteiger charge is -2.46. The fourth-order valence-corrected chi connectivity index (χ4v) is 7.96. The van der Waals surface area contributed by atoms with E-state index in [1.807, 2.05) is 6.92 Å².